The Balaban J connectivity index is 1.41. The predicted octanol–water partition coefficient (Wildman–Crippen LogP) is 6.21. The van der Waals surface area contributed by atoms with Crippen LogP contribution in [0.15, 0.2) is 54.9 Å². The van der Waals surface area contributed by atoms with Crippen molar-refractivity contribution >= 4 is 35.1 Å². The van der Waals surface area contributed by atoms with E-state index in [0.29, 0.717) is 53.5 Å². The average Bonchev–Trinajstić information content (AvgIpc) is 3.72. The van der Waals surface area contributed by atoms with E-state index < -0.39 is 24.7 Å². The normalized spacial score (nSPS) is 17.2. The fraction of sp³-hybridized carbons (Fsp3) is 0.424. The fourth-order valence-corrected chi connectivity index (χ4v) is 6.06. The summed E-state index contributed by atoms with van der Waals surface area (Å²) in [6.45, 7) is -1.64. The lowest BCUT2D eigenvalue weighted by atomic mass is 10.0. The number of pyridine rings is 1. The highest BCUT2D eigenvalue weighted by Gasteiger charge is 2.35. The number of nitrogens with zero attached hydrogens (tertiary/aromatic N) is 3. The van der Waals surface area contributed by atoms with Gasteiger partial charge in [0.1, 0.15) is 22.2 Å². The highest BCUT2D eigenvalue weighted by Crippen LogP contribution is 2.38. The molecule has 0 bridgehead atoms. The van der Waals surface area contributed by atoms with Gasteiger partial charge >= 0.3 is 12.6 Å². The van der Waals surface area contributed by atoms with E-state index in [1.807, 2.05) is 23.1 Å². The zero-order valence-corrected chi connectivity index (χ0v) is 27.0. The first kappa shape index (κ1) is 33.7. The second-order valence-electron chi connectivity index (χ2n) is 11.8. The molecule has 2 fully saturated rings. The van der Waals surface area contributed by atoms with Crippen LogP contribution in [0.2, 0.25) is 10.0 Å². The number of carbonyl (C=O) groups is 2. The maximum atomic E-state index is 13.8. The number of esters is 1. The number of benzene rings is 2. The molecule has 2 aromatic carbocycles. The van der Waals surface area contributed by atoms with E-state index >= 15 is 0 Å². The summed E-state index contributed by atoms with van der Waals surface area (Å²) in [7, 11) is 3.38. The molecular weight excluding hydrogens is 643 g/mol. The first-order valence-corrected chi connectivity index (χ1v) is 15.8. The van der Waals surface area contributed by atoms with Gasteiger partial charge in [-0.05, 0) is 73.5 Å². The van der Waals surface area contributed by atoms with E-state index in [1.165, 1.54) is 23.1 Å². The molecule has 9 nitrogen and oxygen atoms in total. The molecule has 2 heterocycles. The van der Waals surface area contributed by atoms with Crippen molar-refractivity contribution in [2.24, 2.45) is 5.92 Å². The molecule has 0 spiro atoms. The molecule has 1 aromatic heterocycles. The van der Waals surface area contributed by atoms with Crippen LogP contribution in [0.5, 0.6) is 11.5 Å². The van der Waals surface area contributed by atoms with E-state index in [0.717, 1.165) is 37.2 Å². The van der Waals surface area contributed by atoms with Gasteiger partial charge in [-0.3, -0.25) is 14.5 Å². The number of hydrogen-bond donors (Lipinski definition) is 0. The first-order chi connectivity index (χ1) is 22.0. The third-order valence-corrected chi connectivity index (χ3v) is 8.69. The summed E-state index contributed by atoms with van der Waals surface area (Å²) < 4.78 is 43.6. The maximum absolute atomic E-state index is 13.8. The zero-order valence-electron chi connectivity index (χ0n) is 25.5. The highest BCUT2D eigenvalue weighted by atomic mass is 35.5. The number of hydrogen-bond acceptors (Lipinski definition) is 7. The smallest absolute Gasteiger partial charge is 0.387 e. The molecule has 1 aliphatic heterocycles. The number of aromatic nitrogens is 1. The van der Waals surface area contributed by atoms with Crippen molar-refractivity contribution in [1.82, 2.24) is 9.80 Å². The molecule has 46 heavy (non-hydrogen) atoms. The zero-order chi connectivity index (χ0) is 33.0. The van der Waals surface area contributed by atoms with Crippen molar-refractivity contribution in [1.29, 1.82) is 0 Å². The minimum atomic E-state index is -3.06. The van der Waals surface area contributed by atoms with Crippen LogP contribution in [0, 0.1) is 11.1 Å². The molecule has 3 aromatic rings. The van der Waals surface area contributed by atoms with Crippen LogP contribution in [0.1, 0.15) is 58.8 Å². The molecule has 2 aliphatic rings. The molecule has 13 heteroatoms. The van der Waals surface area contributed by atoms with Crippen LogP contribution >= 0.6 is 23.2 Å². The molecule has 0 radical (unpaired) electrons. The van der Waals surface area contributed by atoms with E-state index in [4.69, 9.17) is 37.4 Å². The predicted molar refractivity (Wildman–Crippen MR) is 167 cm³/mol. The molecule has 5 rings (SSSR count). The number of amides is 1. The summed E-state index contributed by atoms with van der Waals surface area (Å²) in [6.07, 6.45) is 4.65. The van der Waals surface area contributed by atoms with E-state index in [1.54, 1.807) is 20.2 Å². The number of rotatable bonds is 13. The highest BCUT2D eigenvalue weighted by molar-refractivity contribution is 6.35. The van der Waals surface area contributed by atoms with Gasteiger partial charge < -0.3 is 24.3 Å². The fourth-order valence-electron chi connectivity index (χ4n) is 5.46. The summed E-state index contributed by atoms with van der Waals surface area (Å²) in [6, 6.07) is 11.1. The summed E-state index contributed by atoms with van der Waals surface area (Å²) in [5.41, 5.74) is 2.26. The number of likely N-dealkylation sites (tertiary alicyclic amines) is 1. The van der Waals surface area contributed by atoms with E-state index in [9.17, 15) is 23.6 Å². The summed E-state index contributed by atoms with van der Waals surface area (Å²) >= 11 is 12.8. The van der Waals surface area contributed by atoms with Gasteiger partial charge in [0.25, 0.3) is 5.91 Å². The third-order valence-electron chi connectivity index (χ3n) is 8.03. The van der Waals surface area contributed by atoms with Gasteiger partial charge in [0.05, 0.1) is 6.61 Å². The second-order valence-corrected chi connectivity index (χ2v) is 12.6. The Morgan fingerprint density at radius 3 is 2.48 bits per heavy atom. The van der Waals surface area contributed by atoms with Crippen LogP contribution in [0.4, 0.5) is 8.78 Å². The number of alkyl halides is 2. The number of carbonyl (C=O) groups excluding carboxylic acids is 2. The van der Waals surface area contributed by atoms with Gasteiger partial charge in [-0.25, -0.2) is 0 Å². The van der Waals surface area contributed by atoms with Gasteiger partial charge in [0.15, 0.2) is 23.9 Å². The largest absolute Gasteiger partial charge is 0.619 e. The molecule has 2 unspecified atom stereocenters. The minimum absolute atomic E-state index is 0.00275. The summed E-state index contributed by atoms with van der Waals surface area (Å²) in [4.78, 5) is 29.8. The van der Waals surface area contributed by atoms with Crippen LogP contribution < -0.4 is 14.2 Å². The average molecular weight is 679 g/mol. The second kappa shape index (κ2) is 14.8. The van der Waals surface area contributed by atoms with Gasteiger partial charge in [-0.15, -0.1) is 0 Å². The Bertz CT molecular complexity index is 1550. The number of halogens is 4. The van der Waals surface area contributed by atoms with Gasteiger partial charge in [0.2, 0.25) is 0 Å². The van der Waals surface area contributed by atoms with Crippen LogP contribution in [0.25, 0.3) is 0 Å². The molecule has 0 N–H and O–H groups in total. The summed E-state index contributed by atoms with van der Waals surface area (Å²) in [5, 5.41) is 12.1. The van der Waals surface area contributed by atoms with Gasteiger partial charge in [0, 0.05) is 38.2 Å². The number of ether oxygens (including phenoxy) is 3. The standard InChI is InChI=1S/C33H35Cl2F2N3O6/c1-38(2)31(41)23-6-3-5-21(13-23)16-39-12-4-7-27(39)32(42)45-29(15-24-25(34)17-40(43)18-26(24)35)22-10-11-28(46-33(36)37)30(14-22)44-19-20-8-9-20/h3,5-6,10-11,13-14,17-18,20,27,29,33H,4,7-9,12,15-16,19H2,1-2H3. The topological polar surface area (TPSA) is 95.3 Å². The third kappa shape index (κ3) is 8.57. The molecule has 1 saturated heterocycles. The van der Waals surface area contributed by atoms with E-state index in [2.05, 4.69) is 0 Å². The van der Waals surface area contributed by atoms with Gasteiger partial charge in [-0.2, -0.15) is 13.5 Å². The lowest BCUT2D eigenvalue weighted by Gasteiger charge is -2.27. The lowest BCUT2D eigenvalue weighted by molar-refractivity contribution is -0.605. The Labute approximate surface area is 276 Å². The monoisotopic (exact) mass is 677 g/mol. The Kier molecular flexibility index (Phi) is 10.9. The van der Waals surface area contributed by atoms with E-state index in [-0.39, 0.29) is 33.9 Å². The minimum Gasteiger partial charge on any atom is -0.619 e. The molecular formula is C33H35Cl2F2N3O6. The van der Waals surface area contributed by atoms with Crippen molar-refractivity contribution in [3.63, 3.8) is 0 Å². The first-order valence-electron chi connectivity index (χ1n) is 15.0. The molecule has 1 amide bonds. The quantitative estimate of drug-likeness (QED) is 0.121. The Morgan fingerprint density at radius 1 is 1.07 bits per heavy atom. The maximum Gasteiger partial charge on any atom is 0.387 e. The Hall–Kier alpha value is -3.67. The van der Waals surface area contributed by atoms with Crippen LogP contribution in [-0.4, -0.2) is 61.6 Å². The molecule has 1 aliphatic carbocycles. The van der Waals surface area contributed by atoms with Crippen LogP contribution in [-0.2, 0) is 22.5 Å². The van der Waals surface area contributed by atoms with Gasteiger partial charge in [-0.1, -0.05) is 41.4 Å². The SMILES string of the molecule is CN(C)C(=O)c1cccc(CN2CCCC2C(=O)OC(Cc2c(Cl)c[n+]([O-])cc2Cl)c2ccc(OC(F)F)c(OCC3CC3)c2)c1. The molecule has 1 saturated carbocycles. The summed E-state index contributed by atoms with van der Waals surface area (Å²) in [5.74, 6) is -0.299. The van der Waals surface area contributed by atoms with Crippen molar-refractivity contribution in [3.05, 3.63) is 92.4 Å². The lowest BCUT2D eigenvalue weighted by Crippen LogP contribution is -2.37. The van der Waals surface area contributed by atoms with Crippen molar-refractivity contribution in [2.45, 2.75) is 57.4 Å². The van der Waals surface area contributed by atoms with Crippen molar-refractivity contribution < 1.29 is 37.3 Å². The Morgan fingerprint density at radius 2 is 1.80 bits per heavy atom. The van der Waals surface area contributed by atoms with Crippen molar-refractivity contribution in [3.8, 4) is 11.5 Å². The molecule has 2 atom stereocenters. The van der Waals surface area contributed by atoms with Crippen LogP contribution in [0.3, 0.4) is 0 Å². The van der Waals surface area contributed by atoms with Crippen molar-refractivity contribution in [2.75, 3.05) is 27.2 Å². The molecule has 246 valence electrons.